The molecule has 4 rings (SSSR count). The van der Waals surface area contributed by atoms with Crippen LogP contribution in [0.2, 0.25) is 0 Å². The molecule has 1 aliphatic rings. The summed E-state index contributed by atoms with van der Waals surface area (Å²) in [6.45, 7) is 3.88. The van der Waals surface area contributed by atoms with Gasteiger partial charge in [0.05, 0.1) is 13.5 Å². The van der Waals surface area contributed by atoms with Gasteiger partial charge in [-0.3, -0.25) is 9.80 Å². The van der Waals surface area contributed by atoms with E-state index in [1.165, 1.54) is 12.3 Å². The van der Waals surface area contributed by atoms with Gasteiger partial charge in [-0.2, -0.15) is 13.2 Å². The Morgan fingerprint density at radius 3 is 2.74 bits per heavy atom. The molecule has 0 bridgehead atoms. The van der Waals surface area contributed by atoms with E-state index in [9.17, 15) is 23.1 Å². The lowest BCUT2D eigenvalue weighted by molar-refractivity contribution is -0.139. The molecule has 1 saturated heterocycles. The van der Waals surface area contributed by atoms with E-state index in [0.29, 0.717) is 26.2 Å². The van der Waals surface area contributed by atoms with E-state index >= 15 is 0 Å². The van der Waals surface area contributed by atoms with Crippen LogP contribution in [-0.2, 0) is 6.54 Å². The number of aromatic carboxylic acids is 1. The number of carbonyl (C=O) groups is 1. The molecule has 0 unspecified atom stereocenters. The summed E-state index contributed by atoms with van der Waals surface area (Å²) in [5, 5.41) is 10.2. The van der Waals surface area contributed by atoms with Crippen LogP contribution in [-0.4, -0.2) is 70.3 Å². The van der Waals surface area contributed by atoms with Gasteiger partial charge in [0.15, 0.2) is 0 Å². The first-order chi connectivity index (χ1) is 16.2. The van der Waals surface area contributed by atoms with Crippen LogP contribution in [0.4, 0.5) is 13.2 Å². The van der Waals surface area contributed by atoms with E-state index in [0.717, 1.165) is 33.3 Å². The molecular formula is C24H27F3N4O3. The number of H-pyrrole nitrogens is 1. The third-order valence-electron chi connectivity index (χ3n) is 6.37. The van der Waals surface area contributed by atoms with Crippen molar-refractivity contribution in [1.82, 2.24) is 19.8 Å². The number of alkyl halides is 3. The maximum Gasteiger partial charge on any atom is 0.390 e. The predicted molar refractivity (Wildman–Crippen MR) is 121 cm³/mol. The predicted octanol–water partition coefficient (Wildman–Crippen LogP) is 4.39. The Hall–Kier alpha value is -3.11. The topological polar surface area (TPSA) is 81.7 Å². The number of piperazine rings is 1. The number of aromatic amines is 1. The number of ether oxygens (including phenoxy) is 1. The van der Waals surface area contributed by atoms with Gasteiger partial charge in [-0.1, -0.05) is 6.07 Å². The van der Waals surface area contributed by atoms with Crippen LogP contribution in [0.3, 0.4) is 0 Å². The summed E-state index contributed by atoms with van der Waals surface area (Å²) >= 11 is 0. The molecule has 2 aromatic heterocycles. The van der Waals surface area contributed by atoms with E-state index in [4.69, 9.17) is 4.74 Å². The summed E-state index contributed by atoms with van der Waals surface area (Å²) in [5.41, 5.74) is 3.76. The number of fused-ring (bicyclic) bond motifs is 1. The molecule has 2 N–H and O–H groups in total. The van der Waals surface area contributed by atoms with E-state index in [1.54, 1.807) is 18.1 Å². The Balaban J connectivity index is 1.65. The molecule has 182 valence electrons. The standard InChI is InChI=1S/C24H27F3N4O3/c1-15-11-21(34-2)18(17-5-7-28-22(15)17)13-31-10-9-30(8-6-24(25,26)27)14-20(31)16-3-4-19(23(32)33)29-12-16/h3-5,7,11-12,20,28H,6,8-10,13-14H2,1-2H3,(H,32,33)/t20-/m0/s1. The van der Waals surface area contributed by atoms with Crippen LogP contribution in [0.5, 0.6) is 5.75 Å². The van der Waals surface area contributed by atoms with E-state index in [1.807, 2.05) is 25.3 Å². The Bertz CT molecular complexity index is 1160. The Kier molecular flexibility index (Phi) is 6.81. The van der Waals surface area contributed by atoms with E-state index in [-0.39, 0.29) is 18.3 Å². The lowest BCUT2D eigenvalue weighted by atomic mass is 10.00. The molecule has 1 atom stereocenters. The van der Waals surface area contributed by atoms with Gasteiger partial charge in [-0.05, 0) is 36.2 Å². The second-order valence-corrected chi connectivity index (χ2v) is 8.57. The first-order valence-electron chi connectivity index (χ1n) is 11.0. The Morgan fingerprint density at radius 2 is 2.09 bits per heavy atom. The minimum Gasteiger partial charge on any atom is -0.496 e. The lowest BCUT2D eigenvalue weighted by Crippen LogP contribution is -2.48. The van der Waals surface area contributed by atoms with Crippen LogP contribution in [0.25, 0.3) is 10.9 Å². The number of methoxy groups -OCH3 is 1. The number of hydrogen-bond donors (Lipinski definition) is 2. The molecular weight excluding hydrogens is 449 g/mol. The average molecular weight is 476 g/mol. The third-order valence-corrected chi connectivity index (χ3v) is 6.37. The number of halogens is 3. The molecule has 7 nitrogen and oxygen atoms in total. The molecule has 1 aliphatic heterocycles. The van der Waals surface area contributed by atoms with Gasteiger partial charge < -0.3 is 14.8 Å². The number of carboxylic acid groups (broad SMARTS) is 1. The van der Waals surface area contributed by atoms with Crippen molar-refractivity contribution in [2.75, 3.05) is 33.3 Å². The SMILES string of the molecule is COc1cc(C)c2[nH]ccc2c1CN1CCN(CCC(F)(F)F)C[C@H]1c1ccc(C(=O)O)nc1. The van der Waals surface area contributed by atoms with E-state index in [2.05, 4.69) is 14.9 Å². The highest BCUT2D eigenvalue weighted by Crippen LogP contribution is 2.35. The zero-order valence-electron chi connectivity index (χ0n) is 19.0. The molecule has 0 amide bonds. The number of pyridine rings is 1. The maximum atomic E-state index is 12.8. The monoisotopic (exact) mass is 476 g/mol. The summed E-state index contributed by atoms with van der Waals surface area (Å²) in [5.74, 6) is -0.375. The van der Waals surface area contributed by atoms with Crippen LogP contribution in [0.15, 0.2) is 36.7 Å². The second-order valence-electron chi connectivity index (χ2n) is 8.57. The van der Waals surface area contributed by atoms with Crippen LogP contribution >= 0.6 is 0 Å². The largest absolute Gasteiger partial charge is 0.496 e. The second kappa shape index (κ2) is 9.63. The highest BCUT2D eigenvalue weighted by molar-refractivity contribution is 5.88. The summed E-state index contributed by atoms with van der Waals surface area (Å²) in [7, 11) is 1.62. The normalized spacial score (nSPS) is 17.9. The molecule has 0 radical (unpaired) electrons. The van der Waals surface area contributed by atoms with Gasteiger partial charge in [0, 0.05) is 67.6 Å². The summed E-state index contributed by atoms with van der Waals surface area (Å²) < 4.78 is 44.2. The van der Waals surface area contributed by atoms with Crippen LogP contribution in [0.1, 0.15) is 39.6 Å². The first-order valence-corrected chi connectivity index (χ1v) is 11.0. The van der Waals surface area contributed by atoms with Crippen molar-refractivity contribution in [3.05, 3.63) is 59.0 Å². The number of nitrogens with one attached hydrogen (secondary N) is 1. The van der Waals surface area contributed by atoms with Crippen LogP contribution < -0.4 is 4.74 Å². The molecule has 34 heavy (non-hydrogen) atoms. The van der Waals surface area contributed by atoms with Crippen LogP contribution in [0, 0.1) is 6.92 Å². The Morgan fingerprint density at radius 1 is 1.29 bits per heavy atom. The number of aromatic nitrogens is 2. The molecule has 10 heteroatoms. The number of benzene rings is 1. The van der Waals surface area contributed by atoms with Crippen molar-refractivity contribution in [2.45, 2.75) is 32.1 Å². The van der Waals surface area contributed by atoms with Crippen molar-refractivity contribution in [1.29, 1.82) is 0 Å². The van der Waals surface area contributed by atoms with Gasteiger partial charge in [0.2, 0.25) is 0 Å². The molecule has 0 saturated carbocycles. The van der Waals surface area contributed by atoms with Gasteiger partial charge in [0.25, 0.3) is 0 Å². The highest BCUT2D eigenvalue weighted by atomic mass is 19.4. The smallest absolute Gasteiger partial charge is 0.390 e. The van der Waals surface area contributed by atoms with Gasteiger partial charge in [-0.15, -0.1) is 0 Å². The fourth-order valence-electron chi connectivity index (χ4n) is 4.58. The molecule has 1 fully saturated rings. The summed E-state index contributed by atoms with van der Waals surface area (Å²) in [4.78, 5) is 22.5. The van der Waals surface area contributed by atoms with Crippen molar-refractivity contribution in [2.24, 2.45) is 0 Å². The quantitative estimate of drug-likeness (QED) is 0.527. The average Bonchev–Trinajstić information content (AvgIpc) is 3.30. The zero-order valence-corrected chi connectivity index (χ0v) is 19.0. The minimum absolute atomic E-state index is 0.0747. The number of hydrogen-bond acceptors (Lipinski definition) is 5. The molecule has 3 heterocycles. The fourth-order valence-corrected chi connectivity index (χ4v) is 4.58. The third kappa shape index (κ3) is 5.18. The first kappa shape index (κ1) is 24.0. The number of aryl methyl sites for hydroxylation is 1. The Labute approximate surface area is 195 Å². The number of nitrogens with zero attached hydrogens (tertiary/aromatic N) is 3. The van der Waals surface area contributed by atoms with Crippen molar-refractivity contribution < 1.29 is 27.8 Å². The number of rotatable bonds is 7. The van der Waals surface area contributed by atoms with Gasteiger partial charge in [-0.25, -0.2) is 9.78 Å². The number of carboxylic acids is 1. The highest BCUT2D eigenvalue weighted by Gasteiger charge is 2.33. The van der Waals surface area contributed by atoms with E-state index < -0.39 is 18.6 Å². The van der Waals surface area contributed by atoms with Gasteiger partial charge in [0.1, 0.15) is 11.4 Å². The zero-order chi connectivity index (χ0) is 24.5. The molecule has 1 aromatic carbocycles. The minimum atomic E-state index is -4.22. The molecule has 3 aromatic rings. The molecule has 0 aliphatic carbocycles. The fraction of sp³-hybridized carbons (Fsp3) is 0.417. The summed E-state index contributed by atoms with van der Waals surface area (Å²) in [6, 6.07) is 6.85. The van der Waals surface area contributed by atoms with Crippen molar-refractivity contribution in [3.63, 3.8) is 0 Å². The molecule has 0 spiro atoms. The summed E-state index contributed by atoms with van der Waals surface area (Å²) in [6.07, 6.45) is -1.70. The van der Waals surface area contributed by atoms with Crippen molar-refractivity contribution in [3.8, 4) is 5.75 Å². The maximum absolute atomic E-state index is 12.8. The van der Waals surface area contributed by atoms with Gasteiger partial charge >= 0.3 is 12.1 Å². The van der Waals surface area contributed by atoms with Crippen molar-refractivity contribution >= 4 is 16.9 Å². The lowest BCUT2D eigenvalue weighted by Gasteiger charge is -2.42.